The molecule has 7 nitrogen and oxygen atoms in total. The molecular weight excluding hydrogens is 382 g/mol. The smallest absolute Gasteiger partial charge is 0.319 e. The SMILES string of the molecule is COc1cc(/C=C(/C#N)C(=O)NC(N)=O)cc(Cl)c1OCc1cccc(C)c1. The van der Waals surface area contributed by atoms with Crippen LogP contribution in [0.2, 0.25) is 5.02 Å². The number of carbonyl (C=O) groups is 2. The molecule has 0 bridgehead atoms. The highest BCUT2D eigenvalue weighted by molar-refractivity contribution is 6.32. The minimum atomic E-state index is -1.05. The van der Waals surface area contributed by atoms with Crippen molar-refractivity contribution in [1.82, 2.24) is 5.32 Å². The highest BCUT2D eigenvalue weighted by Gasteiger charge is 2.15. The molecule has 0 aliphatic heterocycles. The minimum Gasteiger partial charge on any atom is -0.493 e. The first-order valence-corrected chi connectivity index (χ1v) is 8.50. The normalized spacial score (nSPS) is 10.7. The summed E-state index contributed by atoms with van der Waals surface area (Å²) in [5.41, 5.74) is 7.08. The third-order valence-electron chi connectivity index (χ3n) is 3.63. The molecule has 3 amide bonds. The molecule has 8 heteroatoms. The van der Waals surface area contributed by atoms with Gasteiger partial charge in [-0.25, -0.2) is 4.79 Å². The van der Waals surface area contributed by atoms with Crippen LogP contribution < -0.4 is 20.5 Å². The van der Waals surface area contributed by atoms with Crippen LogP contribution in [0.4, 0.5) is 4.79 Å². The zero-order valence-electron chi connectivity index (χ0n) is 15.3. The topological polar surface area (TPSA) is 114 Å². The van der Waals surface area contributed by atoms with Crippen molar-refractivity contribution in [2.75, 3.05) is 7.11 Å². The number of nitrogens with two attached hydrogens (primary N) is 1. The predicted octanol–water partition coefficient (Wildman–Crippen LogP) is 3.34. The summed E-state index contributed by atoms with van der Waals surface area (Å²) in [6.07, 6.45) is 1.26. The summed E-state index contributed by atoms with van der Waals surface area (Å²) in [5.74, 6) is -0.244. The van der Waals surface area contributed by atoms with E-state index in [1.54, 1.807) is 12.1 Å². The molecule has 0 aliphatic carbocycles. The Labute approximate surface area is 167 Å². The molecule has 0 aliphatic rings. The second-order valence-electron chi connectivity index (χ2n) is 5.80. The fourth-order valence-corrected chi connectivity index (χ4v) is 2.69. The lowest BCUT2D eigenvalue weighted by atomic mass is 10.1. The molecule has 0 saturated heterocycles. The van der Waals surface area contributed by atoms with E-state index in [2.05, 4.69) is 0 Å². The number of halogens is 1. The molecule has 0 saturated carbocycles. The van der Waals surface area contributed by atoms with Crippen molar-refractivity contribution < 1.29 is 19.1 Å². The molecule has 0 aromatic heterocycles. The largest absolute Gasteiger partial charge is 0.493 e. The monoisotopic (exact) mass is 399 g/mol. The zero-order valence-corrected chi connectivity index (χ0v) is 16.0. The first-order chi connectivity index (χ1) is 13.3. The van der Waals surface area contributed by atoms with Crippen LogP contribution in [-0.4, -0.2) is 19.0 Å². The molecular formula is C20H18ClN3O4. The van der Waals surface area contributed by atoms with Crippen LogP contribution >= 0.6 is 11.6 Å². The van der Waals surface area contributed by atoms with Gasteiger partial charge < -0.3 is 15.2 Å². The molecule has 0 radical (unpaired) electrons. The predicted molar refractivity (Wildman–Crippen MR) is 105 cm³/mol. The lowest BCUT2D eigenvalue weighted by molar-refractivity contribution is -0.115. The quantitative estimate of drug-likeness (QED) is 0.571. The second-order valence-corrected chi connectivity index (χ2v) is 6.21. The fourth-order valence-electron chi connectivity index (χ4n) is 2.42. The van der Waals surface area contributed by atoms with Gasteiger partial charge in [0.05, 0.1) is 12.1 Å². The highest BCUT2D eigenvalue weighted by atomic mass is 35.5. The van der Waals surface area contributed by atoms with Gasteiger partial charge in [0.15, 0.2) is 11.5 Å². The van der Waals surface area contributed by atoms with E-state index < -0.39 is 11.9 Å². The summed E-state index contributed by atoms with van der Waals surface area (Å²) in [7, 11) is 1.45. The van der Waals surface area contributed by atoms with Crippen LogP contribution in [-0.2, 0) is 11.4 Å². The molecule has 144 valence electrons. The van der Waals surface area contributed by atoms with Gasteiger partial charge >= 0.3 is 6.03 Å². The Bertz CT molecular complexity index is 980. The van der Waals surface area contributed by atoms with Gasteiger partial charge in [-0.05, 0) is 36.3 Å². The van der Waals surface area contributed by atoms with Crippen molar-refractivity contribution in [3.8, 4) is 17.6 Å². The van der Waals surface area contributed by atoms with E-state index >= 15 is 0 Å². The summed E-state index contributed by atoms with van der Waals surface area (Å²) >= 11 is 6.31. The molecule has 0 spiro atoms. The molecule has 0 atom stereocenters. The van der Waals surface area contributed by atoms with E-state index in [4.69, 9.17) is 32.1 Å². The number of rotatable bonds is 6. The number of benzene rings is 2. The number of imide groups is 1. The van der Waals surface area contributed by atoms with Crippen molar-refractivity contribution in [1.29, 1.82) is 5.26 Å². The lowest BCUT2D eigenvalue weighted by Crippen LogP contribution is -2.35. The fraction of sp³-hybridized carbons (Fsp3) is 0.150. The zero-order chi connectivity index (χ0) is 20.7. The highest BCUT2D eigenvalue weighted by Crippen LogP contribution is 2.37. The Morgan fingerprint density at radius 2 is 2.07 bits per heavy atom. The average Bonchev–Trinajstić information content (AvgIpc) is 2.64. The summed E-state index contributed by atoms with van der Waals surface area (Å²) < 4.78 is 11.1. The number of amides is 3. The van der Waals surface area contributed by atoms with Crippen molar-refractivity contribution in [3.05, 3.63) is 63.7 Å². The number of nitriles is 1. The molecule has 3 N–H and O–H groups in total. The maximum atomic E-state index is 11.8. The Hall–Kier alpha value is -3.50. The Kier molecular flexibility index (Phi) is 7.02. The Morgan fingerprint density at radius 1 is 1.32 bits per heavy atom. The lowest BCUT2D eigenvalue weighted by Gasteiger charge is -2.14. The van der Waals surface area contributed by atoms with Crippen molar-refractivity contribution in [2.45, 2.75) is 13.5 Å². The Balaban J connectivity index is 2.29. The number of primary amides is 1. The van der Waals surface area contributed by atoms with E-state index in [0.29, 0.717) is 17.1 Å². The number of methoxy groups -OCH3 is 1. The van der Waals surface area contributed by atoms with E-state index in [9.17, 15) is 9.59 Å². The third kappa shape index (κ3) is 5.50. The minimum absolute atomic E-state index is 0.242. The maximum absolute atomic E-state index is 11.8. The van der Waals surface area contributed by atoms with Gasteiger partial charge in [0.1, 0.15) is 18.2 Å². The van der Waals surface area contributed by atoms with E-state index in [0.717, 1.165) is 11.1 Å². The molecule has 0 heterocycles. The summed E-state index contributed by atoms with van der Waals surface area (Å²) in [5, 5.41) is 11.2. The Morgan fingerprint density at radius 3 is 2.68 bits per heavy atom. The van der Waals surface area contributed by atoms with Crippen LogP contribution in [0.1, 0.15) is 16.7 Å². The molecule has 0 fully saturated rings. The third-order valence-corrected chi connectivity index (χ3v) is 3.91. The molecule has 0 unspecified atom stereocenters. The molecule has 2 rings (SSSR count). The van der Waals surface area contributed by atoms with Crippen LogP contribution in [0.15, 0.2) is 42.0 Å². The number of hydrogen-bond acceptors (Lipinski definition) is 5. The van der Waals surface area contributed by atoms with Crippen LogP contribution in [0.25, 0.3) is 6.08 Å². The maximum Gasteiger partial charge on any atom is 0.319 e. The van der Waals surface area contributed by atoms with Gasteiger partial charge in [-0.1, -0.05) is 41.4 Å². The van der Waals surface area contributed by atoms with Crippen molar-refractivity contribution in [3.63, 3.8) is 0 Å². The van der Waals surface area contributed by atoms with Crippen molar-refractivity contribution >= 4 is 29.6 Å². The van der Waals surface area contributed by atoms with Crippen LogP contribution in [0.5, 0.6) is 11.5 Å². The van der Waals surface area contributed by atoms with Gasteiger partial charge in [-0.15, -0.1) is 0 Å². The first kappa shape index (κ1) is 20.8. The number of nitrogens with zero attached hydrogens (tertiary/aromatic N) is 1. The van der Waals surface area contributed by atoms with Gasteiger partial charge in [0.25, 0.3) is 5.91 Å². The number of carbonyl (C=O) groups excluding carboxylic acids is 2. The molecule has 2 aromatic carbocycles. The second kappa shape index (κ2) is 9.44. The molecule has 2 aromatic rings. The summed E-state index contributed by atoms with van der Waals surface area (Å²) in [6, 6.07) is 11.6. The van der Waals surface area contributed by atoms with E-state index in [1.807, 2.05) is 36.5 Å². The van der Waals surface area contributed by atoms with Gasteiger partial charge in [0.2, 0.25) is 0 Å². The van der Waals surface area contributed by atoms with Crippen LogP contribution in [0, 0.1) is 18.3 Å². The average molecular weight is 400 g/mol. The van der Waals surface area contributed by atoms with Gasteiger partial charge in [0, 0.05) is 0 Å². The number of hydrogen-bond donors (Lipinski definition) is 2. The summed E-state index contributed by atoms with van der Waals surface area (Å²) in [6.45, 7) is 2.27. The molecule has 28 heavy (non-hydrogen) atoms. The first-order valence-electron chi connectivity index (χ1n) is 8.12. The van der Waals surface area contributed by atoms with E-state index in [1.165, 1.54) is 19.3 Å². The number of aryl methyl sites for hydroxylation is 1. The van der Waals surface area contributed by atoms with Gasteiger partial charge in [-0.2, -0.15) is 5.26 Å². The van der Waals surface area contributed by atoms with Gasteiger partial charge in [-0.3, -0.25) is 10.1 Å². The number of nitrogens with one attached hydrogen (secondary N) is 1. The van der Waals surface area contributed by atoms with E-state index in [-0.39, 0.29) is 17.2 Å². The summed E-state index contributed by atoms with van der Waals surface area (Å²) in [4.78, 5) is 22.6. The number of urea groups is 1. The van der Waals surface area contributed by atoms with Crippen molar-refractivity contribution in [2.24, 2.45) is 5.73 Å². The standard InChI is InChI=1S/C20H18ClN3O4/c1-12-4-3-5-13(6-12)11-28-18-16(21)8-14(9-17(18)27-2)7-15(10-22)19(25)24-20(23)26/h3-9H,11H2,1-2H3,(H3,23,24,25,26)/b15-7-. The number of ether oxygens (including phenoxy) is 2. The van der Waals surface area contributed by atoms with Crippen LogP contribution in [0.3, 0.4) is 0 Å².